The van der Waals surface area contributed by atoms with Gasteiger partial charge >= 0.3 is 0 Å². The van der Waals surface area contributed by atoms with Crippen LogP contribution < -0.4 is 10.1 Å². The van der Waals surface area contributed by atoms with Gasteiger partial charge in [0.15, 0.2) is 0 Å². The van der Waals surface area contributed by atoms with Crippen molar-refractivity contribution in [1.82, 2.24) is 13.9 Å². The molecule has 1 aromatic rings. The van der Waals surface area contributed by atoms with E-state index in [1.54, 1.807) is 24.3 Å². The summed E-state index contributed by atoms with van der Waals surface area (Å²) in [5.41, 5.74) is 0. The van der Waals surface area contributed by atoms with Crippen LogP contribution in [0.4, 0.5) is 0 Å². The highest BCUT2D eigenvalue weighted by atomic mass is 35.5. The van der Waals surface area contributed by atoms with Crippen molar-refractivity contribution >= 4 is 27.7 Å². The van der Waals surface area contributed by atoms with E-state index >= 15 is 0 Å². The van der Waals surface area contributed by atoms with Gasteiger partial charge in [-0.05, 0) is 37.1 Å². The van der Waals surface area contributed by atoms with Crippen LogP contribution in [0.3, 0.4) is 0 Å². The summed E-state index contributed by atoms with van der Waals surface area (Å²) in [6.45, 7) is 1.35. The number of hydrogen-bond donors (Lipinski definition) is 1. The first-order valence-corrected chi connectivity index (χ1v) is 9.92. The second kappa shape index (κ2) is 8.84. The Bertz CT molecular complexity index is 679. The molecule has 7 nitrogen and oxygen atoms in total. The van der Waals surface area contributed by atoms with E-state index < -0.39 is 10.2 Å². The van der Waals surface area contributed by atoms with Crippen LogP contribution in [0.1, 0.15) is 12.8 Å². The number of rotatable bonds is 7. The van der Waals surface area contributed by atoms with E-state index in [2.05, 4.69) is 5.32 Å². The van der Waals surface area contributed by atoms with E-state index in [0.717, 1.165) is 0 Å². The number of halogens is 1. The maximum Gasteiger partial charge on any atom is 0.281 e. The molecule has 2 rings (SSSR count). The predicted molar refractivity (Wildman–Crippen MR) is 96.9 cm³/mol. The maximum absolute atomic E-state index is 12.3. The molecule has 1 aromatic carbocycles. The molecule has 1 fully saturated rings. The third-order valence-electron chi connectivity index (χ3n) is 4.03. The molecule has 1 aliphatic heterocycles. The Kier molecular flexibility index (Phi) is 7.06. The van der Waals surface area contributed by atoms with E-state index in [1.807, 2.05) is 0 Å². The zero-order chi connectivity index (χ0) is 18.4. The van der Waals surface area contributed by atoms with E-state index in [9.17, 15) is 13.2 Å². The largest absolute Gasteiger partial charge is 0.492 e. The molecule has 0 unspecified atom stereocenters. The SMILES string of the molecule is CN(C)S(=O)(=O)N1CCC[C@H](C(=O)NCCOc2ccc(Cl)cc2)C1. The van der Waals surface area contributed by atoms with Crippen molar-refractivity contribution in [1.29, 1.82) is 0 Å². The topological polar surface area (TPSA) is 79.0 Å². The van der Waals surface area contributed by atoms with Gasteiger partial charge in [0.1, 0.15) is 12.4 Å². The van der Waals surface area contributed by atoms with Crippen molar-refractivity contribution in [3.8, 4) is 5.75 Å². The first-order chi connectivity index (χ1) is 11.8. The summed E-state index contributed by atoms with van der Waals surface area (Å²) < 4.78 is 32.4. The van der Waals surface area contributed by atoms with Crippen molar-refractivity contribution in [3.05, 3.63) is 29.3 Å². The number of nitrogens with zero attached hydrogens (tertiary/aromatic N) is 2. The molecule has 1 amide bonds. The number of nitrogens with one attached hydrogen (secondary N) is 1. The molecule has 1 aliphatic rings. The van der Waals surface area contributed by atoms with E-state index in [0.29, 0.717) is 43.3 Å². The molecule has 1 atom stereocenters. The standard InChI is InChI=1S/C16H24ClN3O4S/c1-19(2)25(22,23)20-10-3-4-13(12-20)16(21)18-9-11-24-15-7-5-14(17)6-8-15/h5-8,13H,3-4,9-12H2,1-2H3,(H,18,21)/t13-/m0/s1. The number of piperidine rings is 1. The van der Waals surface area contributed by atoms with Crippen LogP contribution in [0, 0.1) is 5.92 Å². The number of ether oxygens (including phenoxy) is 1. The lowest BCUT2D eigenvalue weighted by atomic mass is 9.99. The lowest BCUT2D eigenvalue weighted by molar-refractivity contribution is -0.126. The third-order valence-corrected chi connectivity index (χ3v) is 6.19. The quantitative estimate of drug-likeness (QED) is 0.714. The Morgan fingerprint density at radius 1 is 1.36 bits per heavy atom. The molecule has 1 N–H and O–H groups in total. The first kappa shape index (κ1) is 20.0. The molecule has 0 saturated carbocycles. The van der Waals surface area contributed by atoms with E-state index in [4.69, 9.17) is 16.3 Å². The van der Waals surface area contributed by atoms with Gasteiger partial charge < -0.3 is 10.1 Å². The van der Waals surface area contributed by atoms with Crippen LogP contribution in [0.25, 0.3) is 0 Å². The minimum Gasteiger partial charge on any atom is -0.492 e. The minimum atomic E-state index is -3.48. The molecule has 0 spiro atoms. The van der Waals surface area contributed by atoms with Crippen molar-refractivity contribution in [3.63, 3.8) is 0 Å². The van der Waals surface area contributed by atoms with Gasteiger partial charge in [-0.1, -0.05) is 11.6 Å². The zero-order valence-electron chi connectivity index (χ0n) is 14.4. The van der Waals surface area contributed by atoms with Gasteiger partial charge in [-0.15, -0.1) is 0 Å². The highest BCUT2D eigenvalue weighted by Crippen LogP contribution is 2.20. The molecule has 0 aromatic heterocycles. The number of amides is 1. The predicted octanol–water partition coefficient (Wildman–Crippen LogP) is 1.35. The number of carbonyl (C=O) groups is 1. The van der Waals surface area contributed by atoms with Crippen LogP contribution in [-0.2, 0) is 15.0 Å². The molecule has 0 radical (unpaired) electrons. The normalized spacial score (nSPS) is 19.0. The van der Waals surface area contributed by atoms with Crippen LogP contribution in [-0.4, -0.2) is 63.3 Å². The van der Waals surface area contributed by atoms with Gasteiger partial charge in [0, 0.05) is 32.2 Å². The Hall–Kier alpha value is -1.35. The Morgan fingerprint density at radius 3 is 2.68 bits per heavy atom. The van der Waals surface area contributed by atoms with Gasteiger partial charge in [0.25, 0.3) is 10.2 Å². The van der Waals surface area contributed by atoms with Crippen LogP contribution >= 0.6 is 11.6 Å². The van der Waals surface area contributed by atoms with Crippen LogP contribution in [0.5, 0.6) is 5.75 Å². The fraction of sp³-hybridized carbons (Fsp3) is 0.562. The van der Waals surface area contributed by atoms with Gasteiger partial charge in [0.2, 0.25) is 5.91 Å². The van der Waals surface area contributed by atoms with Crippen molar-refractivity contribution in [2.75, 3.05) is 40.3 Å². The highest BCUT2D eigenvalue weighted by molar-refractivity contribution is 7.86. The summed E-state index contributed by atoms with van der Waals surface area (Å²) in [5.74, 6) is 0.205. The molecule has 25 heavy (non-hydrogen) atoms. The van der Waals surface area contributed by atoms with Crippen LogP contribution in [0.15, 0.2) is 24.3 Å². The smallest absolute Gasteiger partial charge is 0.281 e. The minimum absolute atomic E-state index is 0.140. The second-order valence-corrected chi connectivity index (χ2v) is 8.66. The molecule has 9 heteroatoms. The Labute approximate surface area is 154 Å². The summed E-state index contributed by atoms with van der Waals surface area (Å²) in [6.07, 6.45) is 1.36. The number of carbonyl (C=O) groups excluding carboxylic acids is 1. The maximum atomic E-state index is 12.3. The lowest BCUT2D eigenvalue weighted by Crippen LogP contribution is -2.49. The molecule has 1 saturated heterocycles. The highest BCUT2D eigenvalue weighted by Gasteiger charge is 2.33. The fourth-order valence-corrected chi connectivity index (χ4v) is 3.93. The first-order valence-electron chi connectivity index (χ1n) is 8.14. The zero-order valence-corrected chi connectivity index (χ0v) is 16.0. The average molecular weight is 390 g/mol. The summed E-state index contributed by atoms with van der Waals surface area (Å²) in [5, 5.41) is 3.44. The Balaban J connectivity index is 1.77. The molecular weight excluding hydrogens is 366 g/mol. The molecular formula is C16H24ClN3O4S. The van der Waals surface area contributed by atoms with E-state index in [-0.39, 0.29) is 18.4 Å². The van der Waals surface area contributed by atoms with Gasteiger partial charge in [0.05, 0.1) is 12.5 Å². The molecule has 1 heterocycles. The van der Waals surface area contributed by atoms with Gasteiger partial charge in [-0.3, -0.25) is 4.79 Å². The number of benzene rings is 1. The van der Waals surface area contributed by atoms with Crippen molar-refractivity contribution in [2.24, 2.45) is 5.92 Å². The average Bonchev–Trinajstić information content (AvgIpc) is 2.60. The second-order valence-electron chi connectivity index (χ2n) is 6.08. The van der Waals surface area contributed by atoms with Crippen LogP contribution in [0.2, 0.25) is 5.02 Å². The van der Waals surface area contributed by atoms with Gasteiger partial charge in [-0.2, -0.15) is 17.0 Å². The Morgan fingerprint density at radius 2 is 2.04 bits per heavy atom. The van der Waals surface area contributed by atoms with Crippen molar-refractivity contribution in [2.45, 2.75) is 12.8 Å². The lowest BCUT2D eigenvalue weighted by Gasteiger charge is -2.32. The van der Waals surface area contributed by atoms with Crippen molar-refractivity contribution < 1.29 is 17.9 Å². The van der Waals surface area contributed by atoms with E-state index in [1.165, 1.54) is 22.7 Å². The summed E-state index contributed by atoms with van der Waals surface area (Å²) in [7, 11) is -0.494. The summed E-state index contributed by atoms with van der Waals surface area (Å²) in [4.78, 5) is 12.3. The summed E-state index contributed by atoms with van der Waals surface area (Å²) >= 11 is 5.80. The fourth-order valence-electron chi connectivity index (χ4n) is 2.62. The monoisotopic (exact) mass is 389 g/mol. The summed E-state index contributed by atoms with van der Waals surface area (Å²) in [6, 6.07) is 6.99. The number of hydrogen-bond acceptors (Lipinski definition) is 4. The molecule has 0 bridgehead atoms. The third kappa shape index (κ3) is 5.57. The van der Waals surface area contributed by atoms with Gasteiger partial charge in [-0.25, -0.2) is 0 Å². The molecule has 140 valence electrons. The molecule has 0 aliphatic carbocycles.